The molecule has 2 amide bonds. The molecule has 1 saturated heterocycles. The van der Waals surface area contributed by atoms with Gasteiger partial charge in [-0.25, -0.2) is 0 Å². The first kappa shape index (κ1) is 33.8. The van der Waals surface area contributed by atoms with Crippen LogP contribution in [-0.4, -0.2) is 63.8 Å². The number of para-hydroxylation sites is 1. The third-order valence-corrected chi connectivity index (χ3v) is 7.03. The predicted molar refractivity (Wildman–Crippen MR) is 154 cm³/mol. The van der Waals surface area contributed by atoms with E-state index in [1.54, 1.807) is 29.4 Å². The molecular formula is C28H27Cl2F6N5O2. The Morgan fingerprint density at radius 1 is 0.884 bits per heavy atom. The molecule has 43 heavy (non-hydrogen) atoms. The highest BCUT2D eigenvalue weighted by atomic mass is 35.5. The zero-order valence-corrected chi connectivity index (χ0v) is 23.9. The second-order valence-electron chi connectivity index (χ2n) is 9.88. The number of halogens is 8. The molecule has 1 aliphatic rings. The Bertz CT molecular complexity index is 1520. The van der Waals surface area contributed by atoms with Crippen LogP contribution in [0.2, 0.25) is 0 Å². The zero-order valence-electron chi connectivity index (χ0n) is 22.3. The molecule has 1 aliphatic heterocycles. The van der Waals surface area contributed by atoms with Crippen molar-refractivity contribution < 1.29 is 35.9 Å². The van der Waals surface area contributed by atoms with E-state index in [1.165, 1.54) is 4.90 Å². The number of H-pyrrole nitrogens is 2. The summed E-state index contributed by atoms with van der Waals surface area (Å²) in [5.41, 5.74) is -2.15. The van der Waals surface area contributed by atoms with Crippen LogP contribution in [0.4, 0.5) is 32.2 Å². The second kappa shape index (κ2) is 13.3. The predicted octanol–water partition coefficient (Wildman–Crippen LogP) is 6.39. The van der Waals surface area contributed by atoms with Gasteiger partial charge in [0.15, 0.2) is 0 Å². The number of anilines is 1. The Balaban J connectivity index is 0.00000253. The van der Waals surface area contributed by atoms with Crippen molar-refractivity contribution in [2.75, 3.05) is 31.5 Å². The van der Waals surface area contributed by atoms with Crippen LogP contribution in [0.1, 0.15) is 27.0 Å². The van der Waals surface area contributed by atoms with E-state index >= 15 is 0 Å². The van der Waals surface area contributed by atoms with Gasteiger partial charge in [-0.15, -0.1) is 24.8 Å². The molecule has 0 spiro atoms. The van der Waals surface area contributed by atoms with Crippen molar-refractivity contribution in [3.8, 4) is 0 Å². The molecule has 1 unspecified atom stereocenters. The number of rotatable bonds is 6. The molecule has 15 heteroatoms. The molecular weight excluding hydrogens is 623 g/mol. The quantitative estimate of drug-likeness (QED) is 0.212. The van der Waals surface area contributed by atoms with Crippen LogP contribution < -0.4 is 5.32 Å². The SMILES string of the molecule is Cl.Cl.O=C(CN1CCN(C(=O)c2cc(C(F)(F)F)cc(C(F)(F)F)c2)C(Cc2c[nH]c3ccccc23)C1)Nc1ccc[nH]1. The van der Waals surface area contributed by atoms with Crippen LogP contribution in [0.25, 0.3) is 10.9 Å². The third-order valence-electron chi connectivity index (χ3n) is 7.03. The van der Waals surface area contributed by atoms with E-state index in [-0.39, 0.29) is 69.4 Å². The lowest BCUT2D eigenvalue weighted by molar-refractivity contribution is -0.143. The summed E-state index contributed by atoms with van der Waals surface area (Å²) in [6.07, 6.45) is -6.49. The number of nitrogens with zero attached hydrogens (tertiary/aromatic N) is 2. The van der Waals surface area contributed by atoms with Gasteiger partial charge in [-0.1, -0.05) is 18.2 Å². The summed E-state index contributed by atoms with van der Waals surface area (Å²) in [7, 11) is 0. The molecule has 3 heterocycles. The summed E-state index contributed by atoms with van der Waals surface area (Å²) in [5, 5.41) is 3.59. The number of piperazine rings is 1. The number of benzene rings is 2. The maximum Gasteiger partial charge on any atom is 0.416 e. The van der Waals surface area contributed by atoms with E-state index in [2.05, 4.69) is 15.3 Å². The van der Waals surface area contributed by atoms with Crippen LogP contribution in [0.3, 0.4) is 0 Å². The van der Waals surface area contributed by atoms with Crippen LogP contribution >= 0.6 is 24.8 Å². The Kier molecular flexibility index (Phi) is 10.5. The normalized spacial score (nSPS) is 16.0. The van der Waals surface area contributed by atoms with Crippen molar-refractivity contribution in [2.24, 2.45) is 0 Å². The lowest BCUT2D eigenvalue weighted by Gasteiger charge is -2.41. The van der Waals surface area contributed by atoms with Crippen molar-refractivity contribution >= 4 is 53.3 Å². The van der Waals surface area contributed by atoms with Gasteiger partial charge < -0.3 is 20.2 Å². The van der Waals surface area contributed by atoms with Crippen molar-refractivity contribution in [1.29, 1.82) is 0 Å². The number of amides is 2. The van der Waals surface area contributed by atoms with Crippen LogP contribution in [0, 0.1) is 0 Å². The molecule has 2 aromatic heterocycles. The van der Waals surface area contributed by atoms with Gasteiger partial charge in [0.2, 0.25) is 5.91 Å². The Morgan fingerprint density at radius 3 is 2.19 bits per heavy atom. The van der Waals surface area contributed by atoms with Crippen molar-refractivity contribution in [1.82, 2.24) is 19.8 Å². The Labute approximate surface area is 254 Å². The standard InChI is InChI=1S/C28H25F6N5O2.2ClH/c29-27(30,31)19-10-17(11-20(13-19)28(32,33)34)26(41)39-9-8-38(16-25(40)37-24-6-3-7-35-24)15-21(39)12-18-14-36-23-5-2-1-4-22(18)23;;/h1-7,10-11,13-14,21,35-36H,8-9,12,15-16H2,(H,37,40);2*1H. The Hall–Kier alpha value is -3.68. The minimum atomic E-state index is -5.08. The minimum Gasteiger partial charge on any atom is -0.361 e. The number of nitrogens with one attached hydrogen (secondary N) is 3. The van der Waals surface area contributed by atoms with Gasteiger partial charge in [0.25, 0.3) is 5.91 Å². The molecule has 1 fully saturated rings. The smallest absolute Gasteiger partial charge is 0.361 e. The maximum absolute atomic E-state index is 13.6. The summed E-state index contributed by atoms with van der Waals surface area (Å²) in [6, 6.07) is 11.1. The highest BCUT2D eigenvalue weighted by Gasteiger charge is 2.39. The molecule has 2 aromatic carbocycles. The monoisotopic (exact) mass is 649 g/mol. The molecule has 5 rings (SSSR count). The number of hydrogen-bond donors (Lipinski definition) is 3. The summed E-state index contributed by atoms with van der Waals surface area (Å²) in [4.78, 5) is 35.3. The van der Waals surface area contributed by atoms with Crippen LogP contribution in [-0.2, 0) is 23.6 Å². The number of fused-ring (bicyclic) bond motifs is 1. The number of aromatic amines is 2. The zero-order chi connectivity index (χ0) is 29.4. The van der Waals surface area contributed by atoms with Gasteiger partial charge >= 0.3 is 12.4 Å². The first-order valence-corrected chi connectivity index (χ1v) is 12.7. The minimum absolute atomic E-state index is 0. The van der Waals surface area contributed by atoms with E-state index < -0.39 is 41.0 Å². The lowest BCUT2D eigenvalue weighted by Crippen LogP contribution is -2.57. The van der Waals surface area contributed by atoms with Crippen molar-refractivity contribution in [3.63, 3.8) is 0 Å². The van der Waals surface area contributed by atoms with E-state index in [9.17, 15) is 35.9 Å². The van der Waals surface area contributed by atoms with Gasteiger partial charge in [-0.05, 0) is 48.4 Å². The van der Waals surface area contributed by atoms with Crippen molar-refractivity contribution in [3.05, 3.63) is 89.2 Å². The fourth-order valence-corrected chi connectivity index (χ4v) is 5.10. The molecule has 7 nitrogen and oxygen atoms in total. The molecule has 1 atom stereocenters. The summed E-state index contributed by atoms with van der Waals surface area (Å²) >= 11 is 0. The van der Waals surface area contributed by atoms with E-state index in [4.69, 9.17) is 0 Å². The summed E-state index contributed by atoms with van der Waals surface area (Å²) < 4.78 is 80.9. The lowest BCUT2D eigenvalue weighted by atomic mass is 9.98. The van der Waals surface area contributed by atoms with Crippen LogP contribution in [0.5, 0.6) is 0 Å². The third kappa shape index (κ3) is 7.84. The van der Waals surface area contributed by atoms with Gasteiger partial charge in [0, 0.05) is 54.5 Å². The highest BCUT2D eigenvalue weighted by molar-refractivity contribution is 5.95. The molecule has 3 N–H and O–H groups in total. The van der Waals surface area contributed by atoms with Gasteiger partial charge in [-0.3, -0.25) is 14.5 Å². The number of carbonyl (C=O) groups is 2. The maximum atomic E-state index is 13.6. The molecule has 0 radical (unpaired) electrons. The first-order valence-electron chi connectivity index (χ1n) is 12.7. The average molecular weight is 650 g/mol. The van der Waals surface area contributed by atoms with Gasteiger partial charge in [-0.2, -0.15) is 26.3 Å². The number of hydrogen-bond acceptors (Lipinski definition) is 3. The van der Waals surface area contributed by atoms with E-state index in [0.29, 0.717) is 18.0 Å². The topological polar surface area (TPSA) is 84.2 Å². The van der Waals surface area contributed by atoms with E-state index in [0.717, 1.165) is 16.5 Å². The summed E-state index contributed by atoms with van der Waals surface area (Å²) in [6.45, 7) is 0.348. The van der Waals surface area contributed by atoms with Gasteiger partial charge in [0.05, 0.1) is 17.7 Å². The summed E-state index contributed by atoms with van der Waals surface area (Å²) in [5.74, 6) is -0.753. The molecule has 0 saturated carbocycles. The average Bonchev–Trinajstić information content (AvgIpc) is 3.57. The number of alkyl halides is 6. The largest absolute Gasteiger partial charge is 0.416 e. The fraction of sp³-hybridized carbons (Fsp3) is 0.286. The van der Waals surface area contributed by atoms with Gasteiger partial charge in [0.1, 0.15) is 5.82 Å². The molecule has 0 bridgehead atoms. The second-order valence-corrected chi connectivity index (χ2v) is 9.88. The Morgan fingerprint density at radius 2 is 1.56 bits per heavy atom. The number of aromatic nitrogens is 2. The molecule has 0 aliphatic carbocycles. The van der Waals surface area contributed by atoms with Crippen molar-refractivity contribution in [2.45, 2.75) is 24.8 Å². The molecule has 232 valence electrons. The number of carbonyl (C=O) groups excluding carboxylic acids is 2. The molecule has 4 aromatic rings. The van der Waals surface area contributed by atoms with E-state index in [1.807, 2.05) is 24.3 Å². The highest BCUT2D eigenvalue weighted by Crippen LogP contribution is 2.37. The van der Waals surface area contributed by atoms with Crippen LogP contribution in [0.15, 0.2) is 67.0 Å². The first-order chi connectivity index (χ1) is 19.4. The fourth-order valence-electron chi connectivity index (χ4n) is 5.10.